The zero-order chi connectivity index (χ0) is 19.7. The number of benzene rings is 2. The van der Waals surface area contributed by atoms with Crippen molar-refractivity contribution in [3.63, 3.8) is 0 Å². The molecule has 1 aliphatic rings. The van der Waals surface area contributed by atoms with Gasteiger partial charge >= 0.3 is 0 Å². The van der Waals surface area contributed by atoms with E-state index in [2.05, 4.69) is 5.32 Å². The maximum atomic E-state index is 13.3. The van der Waals surface area contributed by atoms with Gasteiger partial charge in [0.2, 0.25) is 0 Å². The van der Waals surface area contributed by atoms with Crippen LogP contribution in [0, 0.1) is 6.92 Å². The Kier molecular flexibility index (Phi) is 5.60. The normalized spacial score (nSPS) is 21.9. The number of hydrogen-bond acceptors (Lipinski definition) is 6. The predicted octanol–water partition coefficient (Wildman–Crippen LogP) is 1.73. The summed E-state index contributed by atoms with van der Waals surface area (Å²) in [6, 6.07) is 13.7. The molecule has 27 heavy (non-hydrogen) atoms. The van der Waals surface area contributed by atoms with Crippen LogP contribution in [0.4, 0.5) is 0 Å². The van der Waals surface area contributed by atoms with Crippen LogP contribution < -0.4 is 10.1 Å². The van der Waals surface area contributed by atoms with E-state index in [1.165, 1.54) is 13.2 Å². The highest BCUT2D eigenvalue weighted by Crippen LogP contribution is 2.32. The summed E-state index contributed by atoms with van der Waals surface area (Å²) in [7, 11) is -5.94. The highest BCUT2D eigenvalue weighted by atomic mass is 32.2. The molecule has 0 amide bonds. The Labute approximate surface area is 160 Å². The van der Waals surface area contributed by atoms with E-state index >= 15 is 0 Å². The summed E-state index contributed by atoms with van der Waals surface area (Å²) < 4.78 is 56.2. The molecule has 0 radical (unpaired) electrons. The first-order valence-electron chi connectivity index (χ1n) is 8.59. The lowest BCUT2D eigenvalue weighted by Gasteiger charge is -2.21. The standard InChI is InChI=1S/C19H23NO5S2/c1-14-8-9-17(25-2)18(10-14)27(23,24)19-13-26(21,22)12-16(19)20-11-15-6-4-3-5-7-15/h3-10,16,19-20H,11-13H2,1-2H3/t16-,19-/m0/s1. The van der Waals surface area contributed by atoms with Gasteiger partial charge in [-0.25, -0.2) is 16.8 Å². The van der Waals surface area contributed by atoms with Gasteiger partial charge in [-0.15, -0.1) is 0 Å². The van der Waals surface area contributed by atoms with Gasteiger partial charge in [0.25, 0.3) is 0 Å². The quantitative estimate of drug-likeness (QED) is 0.782. The zero-order valence-corrected chi connectivity index (χ0v) is 16.9. The smallest absolute Gasteiger partial charge is 0.187 e. The summed E-state index contributed by atoms with van der Waals surface area (Å²) in [5, 5.41) is 2.08. The maximum absolute atomic E-state index is 13.3. The fourth-order valence-corrected chi connectivity index (χ4v) is 8.29. The van der Waals surface area contributed by atoms with Crippen molar-refractivity contribution < 1.29 is 21.6 Å². The molecule has 146 valence electrons. The molecule has 0 aliphatic carbocycles. The van der Waals surface area contributed by atoms with Crippen LogP contribution in [-0.2, 0) is 26.2 Å². The summed E-state index contributed by atoms with van der Waals surface area (Å²) >= 11 is 0. The first-order chi connectivity index (χ1) is 12.7. The average Bonchev–Trinajstić information content (AvgIpc) is 2.96. The molecule has 2 atom stereocenters. The summed E-state index contributed by atoms with van der Waals surface area (Å²) in [6.45, 7) is 2.19. The lowest BCUT2D eigenvalue weighted by molar-refractivity contribution is 0.402. The molecule has 1 heterocycles. The lowest BCUT2D eigenvalue weighted by Crippen LogP contribution is -2.43. The molecule has 2 aromatic rings. The number of ether oxygens (including phenoxy) is 1. The minimum atomic E-state index is -3.90. The Morgan fingerprint density at radius 2 is 1.81 bits per heavy atom. The van der Waals surface area contributed by atoms with Crippen molar-refractivity contribution in [1.82, 2.24) is 5.32 Å². The van der Waals surface area contributed by atoms with Crippen molar-refractivity contribution in [2.45, 2.75) is 29.7 Å². The second kappa shape index (κ2) is 7.61. The lowest BCUT2D eigenvalue weighted by atomic mass is 10.2. The average molecular weight is 410 g/mol. The third-order valence-electron chi connectivity index (χ3n) is 4.74. The fourth-order valence-electron chi connectivity index (χ4n) is 3.33. The highest BCUT2D eigenvalue weighted by molar-refractivity contribution is 7.96. The summed E-state index contributed by atoms with van der Waals surface area (Å²) in [5.41, 5.74) is 1.73. The van der Waals surface area contributed by atoms with Crippen LogP contribution >= 0.6 is 0 Å². The van der Waals surface area contributed by atoms with Gasteiger partial charge in [0.1, 0.15) is 10.6 Å². The molecular weight excluding hydrogens is 386 g/mol. The van der Waals surface area contributed by atoms with Crippen molar-refractivity contribution in [2.24, 2.45) is 0 Å². The molecule has 2 aromatic carbocycles. The van der Waals surface area contributed by atoms with Crippen LogP contribution in [0.5, 0.6) is 5.75 Å². The van der Waals surface area contributed by atoms with Gasteiger partial charge in [-0.1, -0.05) is 36.4 Å². The minimum Gasteiger partial charge on any atom is -0.495 e. The number of aryl methyl sites for hydroxylation is 1. The van der Waals surface area contributed by atoms with E-state index in [1.54, 1.807) is 19.1 Å². The second-order valence-corrected chi connectivity index (χ2v) is 11.1. The monoisotopic (exact) mass is 409 g/mol. The van der Waals surface area contributed by atoms with E-state index in [1.807, 2.05) is 30.3 Å². The summed E-state index contributed by atoms with van der Waals surface area (Å²) in [5.74, 6) is -0.358. The topological polar surface area (TPSA) is 89.5 Å². The molecule has 1 aliphatic heterocycles. The van der Waals surface area contributed by atoms with E-state index in [-0.39, 0.29) is 22.2 Å². The molecule has 1 fully saturated rings. The largest absolute Gasteiger partial charge is 0.495 e. The van der Waals surface area contributed by atoms with E-state index < -0.39 is 31.0 Å². The molecule has 0 saturated carbocycles. The van der Waals surface area contributed by atoms with Crippen LogP contribution in [0.2, 0.25) is 0 Å². The Hall–Kier alpha value is -1.90. The van der Waals surface area contributed by atoms with Crippen LogP contribution in [0.25, 0.3) is 0 Å². The fraction of sp³-hybridized carbons (Fsp3) is 0.368. The van der Waals surface area contributed by atoms with Crippen LogP contribution in [-0.4, -0.2) is 46.7 Å². The summed E-state index contributed by atoms with van der Waals surface area (Å²) in [6.07, 6.45) is 0. The van der Waals surface area contributed by atoms with Gasteiger partial charge in [0.15, 0.2) is 19.7 Å². The molecule has 0 spiro atoms. The maximum Gasteiger partial charge on any atom is 0.187 e. The zero-order valence-electron chi connectivity index (χ0n) is 15.3. The number of hydrogen-bond donors (Lipinski definition) is 1. The van der Waals surface area contributed by atoms with Gasteiger partial charge in [0, 0.05) is 12.6 Å². The Morgan fingerprint density at radius 1 is 1.11 bits per heavy atom. The number of methoxy groups -OCH3 is 1. The molecule has 0 aromatic heterocycles. The molecule has 0 unspecified atom stereocenters. The van der Waals surface area contributed by atoms with Crippen molar-refractivity contribution in [1.29, 1.82) is 0 Å². The molecule has 0 bridgehead atoms. The molecule has 1 N–H and O–H groups in total. The van der Waals surface area contributed by atoms with Crippen LogP contribution in [0.15, 0.2) is 53.4 Å². The van der Waals surface area contributed by atoms with Gasteiger partial charge < -0.3 is 10.1 Å². The number of rotatable bonds is 6. The number of nitrogens with one attached hydrogen (secondary N) is 1. The van der Waals surface area contributed by atoms with E-state index in [4.69, 9.17) is 4.74 Å². The minimum absolute atomic E-state index is 0.0404. The van der Waals surface area contributed by atoms with Gasteiger partial charge in [-0.05, 0) is 30.2 Å². The van der Waals surface area contributed by atoms with E-state index in [0.717, 1.165) is 11.1 Å². The van der Waals surface area contributed by atoms with Crippen molar-refractivity contribution >= 4 is 19.7 Å². The second-order valence-electron chi connectivity index (χ2n) is 6.79. The van der Waals surface area contributed by atoms with Gasteiger partial charge in [-0.3, -0.25) is 0 Å². The third-order valence-corrected chi connectivity index (χ3v) is 8.91. The van der Waals surface area contributed by atoms with Crippen LogP contribution in [0.1, 0.15) is 11.1 Å². The Bertz CT molecular complexity index is 1020. The van der Waals surface area contributed by atoms with Crippen molar-refractivity contribution in [3.8, 4) is 5.75 Å². The van der Waals surface area contributed by atoms with Crippen LogP contribution in [0.3, 0.4) is 0 Å². The van der Waals surface area contributed by atoms with Gasteiger partial charge in [-0.2, -0.15) is 0 Å². The molecule has 8 heteroatoms. The number of sulfone groups is 2. The Balaban J connectivity index is 1.93. The SMILES string of the molecule is COc1ccc(C)cc1S(=O)(=O)[C@H]1CS(=O)(=O)C[C@@H]1NCc1ccccc1. The molecule has 1 saturated heterocycles. The molecular formula is C19H23NO5S2. The van der Waals surface area contributed by atoms with Crippen molar-refractivity contribution in [3.05, 3.63) is 59.7 Å². The van der Waals surface area contributed by atoms with E-state index in [9.17, 15) is 16.8 Å². The van der Waals surface area contributed by atoms with Crippen molar-refractivity contribution in [2.75, 3.05) is 18.6 Å². The summed E-state index contributed by atoms with van der Waals surface area (Å²) in [4.78, 5) is 0.0404. The first-order valence-corrected chi connectivity index (χ1v) is 12.0. The first kappa shape index (κ1) is 19.9. The predicted molar refractivity (Wildman–Crippen MR) is 104 cm³/mol. The highest BCUT2D eigenvalue weighted by Gasteiger charge is 2.46. The Morgan fingerprint density at radius 3 is 2.48 bits per heavy atom. The molecule has 3 rings (SSSR count). The van der Waals surface area contributed by atoms with E-state index in [0.29, 0.717) is 6.54 Å². The van der Waals surface area contributed by atoms with Gasteiger partial charge in [0.05, 0.1) is 23.9 Å². The third kappa shape index (κ3) is 4.34. The molecule has 6 nitrogen and oxygen atoms in total.